The predicted octanol–water partition coefficient (Wildman–Crippen LogP) is 3.38. The summed E-state index contributed by atoms with van der Waals surface area (Å²) in [4.78, 5) is 14.6. The van der Waals surface area contributed by atoms with Crippen LogP contribution in [0, 0.1) is 0 Å². The zero-order chi connectivity index (χ0) is 20.4. The van der Waals surface area contributed by atoms with E-state index in [2.05, 4.69) is 19.2 Å². The molecule has 6 nitrogen and oxygen atoms in total. The monoisotopic (exact) mass is 389 g/mol. The molecule has 7 heteroatoms. The number of amides is 1. The van der Waals surface area contributed by atoms with Crippen molar-refractivity contribution in [2.24, 2.45) is 0 Å². The Hall–Kier alpha value is -2.38. The topological polar surface area (TPSA) is 69.7 Å². The van der Waals surface area contributed by atoms with Crippen molar-refractivity contribution in [3.8, 4) is 0 Å². The lowest BCUT2D eigenvalue weighted by molar-refractivity contribution is 0.102. The summed E-state index contributed by atoms with van der Waals surface area (Å²) in [5.74, 6) is 0.100. The zero-order valence-electron chi connectivity index (χ0n) is 16.6. The first-order valence-corrected chi connectivity index (χ1v) is 10.1. The minimum Gasteiger partial charge on any atom is -0.376 e. The Labute approximate surface area is 161 Å². The molecule has 0 aliphatic rings. The summed E-state index contributed by atoms with van der Waals surface area (Å²) >= 11 is 0. The maximum atomic E-state index is 12.7. The average molecular weight is 390 g/mol. The van der Waals surface area contributed by atoms with Gasteiger partial charge < -0.3 is 10.2 Å². The van der Waals surface area contributed by atoms with E-state index in [0.717, 1.165) is 15.6 Å². The summed E-state index contributed by atoms with van der Waals surface area (Å²) in [6.45, 7) is 4.18. The van der Waals surface area contributed by atoms with E-state index in [4.69, 9.17) is 0 Å². The molecule has 1 N–H and O–H groups in total. The van der Waals surface area contributed by atoms with Gasteiger partial charge in [-0.2, -0.15) is 0 Å². The largest absolute Gasteiger partial charge is 0.376 e. The van der Waals surface area contributed by atoms with Crippen molar-refractivity contribution >= 4 is 27.3 Å². The summed E-state index contributed by atoms with van der Waals surface area (Å²) in [6, 6.07) is 12.1. The Kier molecular flexibility index (Phi) is 6.28. The molecule has 2 aromatic rings. The van der Waals surface area contributed by atoms with E-state index in [1.54, 1.807) is 18.2 Å². The lowest BCUT2D eigenvalue weighted by Gasteiger charge is -2.20. The number of carbonyl (C=O) groups excluding carboxylic acids is 1. The number of benzene rings is 2. The summed E-state index contributed by atoms with van der Waals surface area (Å²) in [6.07, 6.45) is 0. The molecular weight excluding hydrogens is 362 g/mol. The molecule has 0 saturated carbocycles. The second-order valence-electron chi connectivity index (χ2n) is 7.09. The van der Waals surface area contributed by atoms with E-state index in [9.17, 15) is 13.2 Å². The van der Waals surface area contributed by atoms with Crippen LogP contribution in [0.5, 0.6) is 0 Å². The fourth-order valence-corrected chi connectivity index (χ4v) is 3.52. The third kappa shape index (κ3) is 4.67. The molecule has 0 heterocycles. The van der Waals surface area contributed by atoms with E-state index < -0.39 is 10.0 Å². The van der Waals surface area contributed by atoms with Crippen molar-refractivity contribution in [2.45, 2.75) is 24.7 Å². The second-order valence-corrected chi connectivity index (χ2v) is 9.24. The van der Waals surface area contributed by atoms with Gasteiger partial charge in [-0.05, 0) is 41.8 Å². The van der Waals surface area contributed by atoms with Crippen molar-refractivity contribution in [3.63, 3.8) is 0 Å². The van der Waals surface area contributed by atoms with Crippen LogP contribution in [0.4, 0.5) is 11.4 Å². The van der Waals surface area contributed by atoms with Gasteiger partial charge in [0.15, 0.2) is 0 Å². The summed E-state index contributed by atoms with van der Waals surface area (Å²) in [7, 11) is 3.03. The first-order valence-electron chi connectivity index (χ1n) is 8.69. The van der Waals surface area contributed by atoms with Gasteiger partial charge in [-0.3, -0.25) is 4.79 Å². The van der Waals surface area contributed by atoms with Crippen LogP contribution in [0.25, 0.3) is 0 Å². The smallest absolute Gasteiger partial charge is 0.255 e. The molecule has 0 unspecified atom stereocenters. The number of nitrogens with zero attached hydrogens (tertiary/aromatic N) is 2. The highest BCUT2D eigenvalue weighted by Crippen LogP contribution is 2.29. The molecule has 0 spiro atoms. The summed E-state index contributed by atoms with van der Waals surface area (Å²) < 4.78 is 26.0. The maximum absolute atomic E-state index is 12.7. The first-order chi connectivity index (χ1) is 12.5. The van der Waals surface area contributed by atoms with Crippen LogP contribution < -0.4 is 10.2 Å². The van der Waals surface area contributed by atoms with Gasteiger partial charge in [0.1, 0.15) is 0 Å². The zero-order valence-corrected chi connectivity index (χ0v) is 17.5. The Balaban J connectivity index is 2.39. The highest BCUT2D eigenvalue weighted by atomic mass is 32.2. The Morgan fingerprint density at radius 3 is 2.04 bits per heavy atom. The second kappa shape index (κ2) is 8.10. The Bertz CT molecular complexity index is 918. The highest BCUT2D eigenvalue weighted by molar-refractivity contribution is 7.89. The first kappa shape index (κ1) is 20.9. The fourth-order valence-electron chi connectivity index (χ4n) is 2.59. The van der Waals surface area contributed by atoms with Crippen molar-refractivity contribution in [3.05, 3.63) is 53.6 Å². The van der Waals surface area contributed by atoms with Crippen molar-refractivity contribution in [2.75, 3.05) is 38.4 Å². The number of hydrogen-bond acceptors (Lipinski definition) is 4. The van der Waals surface area contributed by atoms with Crippen molar-refractivity contribution < 1.29 is 13.2 Å². The van der Waals surface area contributed by atoms with Gasteiger partial charge in [0, 0.05) is 33.8 Å². The average Bonchev–Trinajstić information content (AvgIpc) is 2.61. The molecule has 0 saturated heterocycles. The molecule has 146 valence electrons. The molecule has 2 rings (SSSR count). The predicted molar refractivity (Wildman–Crippen MR) is 110 cm³/mol. The summed E-state index contributed by atoms with van der Waals surface area (Å²) in [5, 5.41) is 2.84. The van der Waals surface area contributed by atoms with Gasteiger partial charge in [-0.1, -0.05) is 26.0 Å². The lowest BCUT2D eigenvalue weighted by Crippen LogP contribution is -2.23. The van der Waals surface area contributed by atoms with Gasteiger partial charge in [0.2, 0.25) is 10.0 Å². The summed E-state index contributed by atoms with van der Waals surface area (Å²) in [5.41, 5.74) is 2.84. The number of carbonyl (C=O) groups is 1. The third-order valence-corrected chi connectivity index (χ3v) is 6.13. The maximum Gasteiger partial charge on any atom is 0.255 e. The van der Waals surface area contributed by atoms with Crippen LogP contribution in [0.2, 0.25) is 0 Å². The van der Waals surface area contributed by atoms with Gasteiger partial charge in [0.05, 0.1) is 16.3 Å². The quantitative estimate of drug-likeness (QED) is 0.822. The third-order valence-electron chi connectivity index (χ3n) is 4.32. The van der Waals surface area contributed by atoms with Gasteiger partial charge in [-0.15, -0.1) is 0 Å². The molecule has 0 radical (unpaired) electrons. The Morgan fingerprint density at radius 1 is 0.963 bits per heavy atom. The molecule has 0 aliphatic carbocycles. The molecule has 2 aromatic carbocycles. The van der Waals surface area contributed by atoms with Crippen LogP contribution in [0.3, 0.4) is 0 Å². The van der Waals surface area contributed by atoms with E-state index in [-0.39, 0.29) is 10.8 Å². The highest BCUT2D eigenvalue weighted by Gasteiger charge is 2.20. The minimum absolute atomic E-state index is 0.128. The van der Waals surface area contributed by atoms with Crippen molar-refractivity contribution in [1.82, 2.24) is 4.31 Å². The van der Waals surface area contributed by atoms with Crippen LogP contribution in [-0.4, -0.2) is 46.8 Å². The van der Waals surface area contributed by atoms with E-state index >= 15 is 0 Å². The van der Waals surface area contributed by atoms with Crippen LogP contribution in [0.1, 0.15) is 35.7 Å². The number of hydrogen-bond donors (Lipinski definition) is 1. The Morgan fingerprint density at radius 2 is 1.56 bits per heavy atom. The molecule has 0 aliphatic heterocycles. The molecule has 0 atom stereocenters. The normalized spacial score (nSPS) is 11.7. The van der Waals surface area contributed by atoms with Crippen LogP contribution in [-0.2, 0) is 10.0 Å². The lowest BCUT2D eigenvalue weighted by atomic mass is 10.0. The molecule has 1 amide bonds. The SMILES string of the molecule is CC(C)c1ccc(C(=O)Nc2cc(S(=O)(=O)N(C)C)ccc2N(C)C)cc1. The van der Waals surface area contributed by atoms with Gasteiger partial charge in [0.25, 0.3) is 5.91 Å². The van der Waals surface area contributed by atoms with E-state index in [1.165, 1.54) is 26.2 Å². The molecular formula is C20H27N3O3S. The number of anilines is 2. The van der Waals surface area contributed by atoms with Crippen molar-refractivity contribution in [1.29, 1.82) is 0 Å². The fraction of sp³-hybridized carbons (Fsp3) is 0.350. The van der Waals surface area contributed by atoms with Gasteiger partial charge in [-0.25, -0.2) is 12.7 Å². The number of rotatable bonds is 6. The number of sulfonamides is 1. The number of nitrogens with one attached hydrogen (secondary N) is 1. The molecule has 27 heavy (non-hydrogen) atoms. The minimum atomic E-state index is -3.59. The van der Waals surface area contributed by atoms with E-state index in [1.807, 2.05) is 31.1 Å². The standard InChI is InChI=1S/C20H27N3O3S/c1-14(2)15-7-9-16(10-8-15)20(24)21-18-13-17(27(25,26)23(5)6)11-12-19(18)22(3)4/h7-14H,1-6H3,(H,21,24). The van der Waals surface area contributed by atoms with Gasteiger partial charge >= 0.3 is 0 Å². The molecule has 0 aromatic heterocycles. The van der Waals surface area contributed by atoms with E-state index in [0.29, 0.717) is 17.2 Å². The van der Waals surface area contributed by atoms with Crippen LogP contribution in [0.15, 0.2) is 47.4 Å². The molecule has 0 fully saturated rings. The van der Waals surface area contributed by atoms with Crippen LogP contribution >= 0.6 is 0 Å². The molecule has 0 bridgehead atoms.